The van der Waals surface area contributed by atoms with Gasteiger partial charge in [0.2, 0.25) is 17.8 Å². The SMILES string of the molecule is CC1(C(N)=O)CCC(n2c(Nc3c(F)cc(Cl)cc3F)nc3cnc(NC4CCCCO4)nc32)CC1. The predicted octanol–water partition coefficient (Wildman–Crippen LogP) is 5.05. The number of amides is 1. The number of ether oxygens (including phenoxy) is 1. The molecular formula is C24H28ClF2N7O2. The molecule has 2 fully saturated rings. The van der Waals surface area contributed by atoms with E-state index in [2.05, 4.69) is 20.6 Å². The summed E-state index contributed by atoms with van der Waals surface area (Å²) in [6.07, 6.45) is 6.66. The van der Waals surface area contributed by atoms with Crippen LogP contribution in [0.2, 0.25) is 5.02 Å². The fourth-order valence-electron chi connectivity index (χ4n) is 4.91. The third-order valence-corrected chi connectivity index (χ3v) is 7.38. The molecule has 1 aromatic carbocycles. The van der Waals surface area contributed by atoms with E-state index in [1.165, 1.54) is 0 Å². The minimum absolute atomic E-state index is 0.0476. The van der Waals surface area contributed by atoms with Crippen molar-refractivity contribution in [2.45, 2.75) is 64.1 Å². The maximum atomic E-state index is 14.6. The first-order chi connectivity index (χ1) is 17.2. The summed E-state index contributed by atoms with van der Waals surface area (Å²) in [6, 6.07) is 1.94. The van der Waals surface area contributed by atoms with Crippen molar-refractivity contribution >= 4 is 46.3 Å². The van der Waals surface area contributed by atoms with Gasteiger partial charge in [-0.1, -0.05) is 18.5 Å². The van der Waals surface area contributed by atoms with E-state index >= 15 is 0 Å². The third kappa shape index (κ3) is 4.81. The topological polar surface area (TPSA) is 120 Å². The highest BCUT2D eigenvalue weighted by atomic mass is 35.5. The number of hydrogen-bond donors (Lipinski definition) is 3. The van der Waals surface area contributed by atoms with Gasteiger partial charge in [0.1, 0.15) is 17.4 Å². The first-order valence-electron chi connectivity index (χ1n) is 12.1. The highest BCUT2D eigenvalue weighted by Gasteiger charge is 2.38. The van der Waals surface area contributed by atoms with Gasteiger partial charge in [-0.05, 0) is 57.1 Å². The Hall–Kier alpha value is -3.05. The lowest BCUT2D eigenvalue weighted by atomic mass is 9.73. The molecule has 1 aliphatic carbocycles. The third-order valence-electron chi connectivity index (χ3n) is 7.16. The Labute approximate surface area is 211 Å². The smallest absolute Gasteiger partial charge is 0.226 e. The molecule has 1 saturated heterocycles. The number of nitrogens with one attached hydrogen (secondary N) is 2. The molecule has 12 heteroatoms. The van der Waals surface area contributed by atoms with Crippen molar-refractivity contribution in [1.29, 1.82) is 0 Å². The number of nitrogens with zero attached hydrogens (tertiary/aromatic N) is 4. The number of aromatic nitrogens is 4. The summed E-state index contributed by atoms with van der Waals surface area (Å²) in [6.45, 7) is 2.54. The summed E-state index contributed by atoms with van der Waals surface area (Å²) in [5.74, 6) is -1.42. The zero-order chi connectivity index (χ0) is 25.4. The molecule has 1 amide bonds. The minimum atomic E-state index is -0.841. The molecule has 3 aromatic rings. The molecule has 1 saturated carbocycles. The van der Waals surface area contributed by atoms with Crippen LogP contribution in [0.5, 0.6) is 0 Å². The molecule has 0 bridgehead atoms. The molecule has 1 aliphatic heterocycles. The average Bonchev–Trinajstić information content (AvgIpc) is 3.20. The first kappa shape index (κ1) is 24.6. The number of carbonyl (C=O) groups excluding carboxylic acids is 1. The van der Waals surface area contributed by atoms with Crippen molar-refractivity contribution in [3.63, 3.8) is 0 Å². The number of imidazole rings is 1. The molecule has 36 heavy (non-hydrogen) atoms. The van der Waals surface area contributed by atoms with Gasteiger partial charge in [0.25, 0.3) is 0 Å². The zero-order valence-electron chi connectivity index (χ0n) is 19.9. The fraction of sp³-hybridized carbons (Fsp3) is 0.500. The number of anilines is 3. The van der Waals surface area contributed by atoms with Crippen LogP contribution in [-0.2, 0) is 9.53 Å². The Balaban J connectivity index is 1.53. The lowest BCUT2D eigenvalue weighted by Crippen LogP contribution is -2.38. The van der Waals surface area contributed by atoms with Gasteiger partial charge in [0.05, 0.1) is 6.20 Å². The number of nitrogens with two attached hydrogens (primary N) is 1. The maximum absolute atomic E-state index is 14.6. The van der Waals surface area contributed by atoms with E-state index in [-0.39, 0.29) is 34.8 Å². The molecule has 0 radical (unpaired) electrons. The number of hydrogen-bond acceptors (Lipinski definition) is 7. The van der Waals surface area contributed by atoms with Gasteiger partial charge in [-0.15, -0.1) is 0 Å². The number of fused-ring (bicyclic) bond motifs is 1. The standard InChI is InChI=1S/C24H28ClF2N7O2/c1-24(21(28)35)7-5-14(6-8-24)34-20-17(12-29-22(33-20)31-18-4-2-3-9-36-18)30-23(34)32-19-15(26)10-13(25)11-16(19)27/h10-12,14,18H,2-9H2,1H3,(H2,28,35)(H,30,32)(H,29,31,33). The molecular weight excluding hydrogens is 492 g/mol. The molecule has 5 rings (SSSR count). The van der Waals surface area contributed by atoms with Crippen LogP contribution in [-0.4, -0.2) is 38.3 Å². The number of rotatable bonds is 6. The minimum Gasteiger partial charge on any atom is -0.369 e. The fourth-order valence-corrected chi connectivity index (χ4v) is 5.10. The second-order valence-corrected chi connectivity index (χ2v) is 10.2. The summed E-state index contributed by atoms with van der Waals surface area (Å²) in [5, 5.41) is 5.97. The van der Waals surface area contributed by atoms with E-state index in [1.54, 1.807) is 6.20 Å². The van der Waals surface area contributed by atoms with Gasteiger partial charge < -0.3 is 21.1 Å². The Morgan fingerprint density at radius 3 is 2.56 bits per heavy atom. The lowest BCUT2D eigenvalue weighted by molar-refractivity contribution is -0.128. The molecule has 2 aliphatic rings. The predicted molar refractivity (Wildman–Crippen MR) is 132 cm³/mol. The number of halogens is 3. The van der Waals surface area contributed by atoms with Crippen LogP contribution in [0.1, 0.15) is 57.9 Å². The molecule has 0 spiro atoms. The Morgan fingerprint density at radius 1 is 1.19 bits per heavy atom. The van der Waals surface area contributed by atoms with Crippen molar-refractivity contribution in [1.82, 2.24) is 19.5 Å². The second kappa shape index (κ2) is 9.78. The van der Waals surface area contributed by atoms with Crippen LogP contribution in [0, 0.1) is 17.0 Å². The maximum Gasteiger partial charge on any atom is 0.226 e. The quantitative estimate of drug-likeness (QED) is 0.417. The van der Waals surface area contributed by atoms with Gasteiger partial charge in [-0.25, -0.2) is 18.7 Å². The van der Waals surface area contributed by atoms with E-state index in [1.807, 2.05) is 11.5 Å². The number of benzene rings is 1. The van der Waals surface area contributed by atoms with Crippen molar-refractivity contribution in [2.75, 3.05) is 17.2 Å². The van der Waals surface area contributed by atoms with Crippen molar-refractivity contribution in [3.05, 3.63) is 35.0 Å². The van der Waals surface area contributed by atoms with Crippen LogP contribution in [0.4, 0.5) is 26.4 Å². The van der Waals surface area contributed by atoms with Gasteiger partial charge in [0.15, 0.2) is 17.3 Å². The highest BCUT2D eigenvalue weighted by Crippen LogP contribution is 2.43. The molecule has 9 nitrogen and oxygen atoms in total. The summed E-state index contributed by atoms with van der Waals surface area (Å²) in [5.41, 5.74) is 5.64. The first-order valence-corrected chi connectivity index (χ1v) is 12.5. The van der Waals surface area contributed by atoms with Crippen molar-refractivity contribution < 1.29 is 18.3 Å². The van der Waals surface area contributed by atoms with E-state index in [4.69, 9.17) is 27.1 Å². The zero-order valence-corrected chi connectivity index (χ0v) is 20.6. The summed E-state index contributed by atoms with van der Waals surface area (Å²) in [4.78, 5) is 25.6. The van der Waals surface area contributed by atoms with E-state index in [0.717, 1.165) is 31.4 Å². The normalized spacial score (nSPS) is 24.6. The van der Waals surface area contributed by atoms with Crippen molar-refractivity contribution in [3.8, 4) is 0 Å². The Morgan fingerprint density at radius 2 is 1.92 bits per heavy atom. The molecule has 1 unspecified atom stereocenters. The monoisotopic (exact) mass is 519 g/mol. The van der Waals surface area contributed by atoms with Crippen LogP contribution in [0.3, 0.4) is 0 Å². The molecule has 3 heterocycles. The van der Waals surface area contributed by atoms with Crippen LogP contribution in [0.15, 0.2) is 18.3 Å². The van der Waals surface area contributed by atoms with E-state index in [9.17, 15) is 13.6 Å². The van der Waals surface area contributed by atoms with Crippen LogP contribution in [0.25, 0.3) is 11.2 Å². The molecule has 2 aromatic heterocycles. The van der Waals surface area contributed by atoms with Gasteiger partial charge >= 0.3 is 0 Å². The molecule has 4 N–H and O–H groups in total. The Bertz CT molecular complexity index is 1260. The van der Waals surface area contributed by atoms with Gasteiger partial charge in [0, 0.05) is 23.1 Å². The molecule has 192 valence electrons. The van der Waals surface area contributed by atoms with E-state index < -0.39 is 17.0 Å². The van der Waals surface area contributed by atoms with Crippen molar-refractivity contribution in [2.24, 2.45) is 11.1 Å². The lowest BCUT2D eigenvalue weighted by Gasteiger charge is -2.35. The van der Waals surface area contributed by atoms with Gasteiger partial charge in [-0.3, -0.25) is 9.36 Å². The second-order valence-electron chi connectivity index (χ2n) is 9.73. The van der Waals surface area contributed by atoms with Gasteiger partial charge in [-0.2, -0.15) is 4.98 Å². The number of primary amides is 1. The average molecular weight is 520 g/mol. The Kier molecular flexibility index (Phi) is 6.69. The van der Waals surface area contributed by atoms with E-state index in [0.29, 0.717) is 49.4 Å². The molecule has 1 atom stereocenters. The largest absolute Gasteiger partial charge is 0.369 e. The van der Waals surface area contributed by atoms with Crippen LogP contribution < -0.4 is 16.4 Å². The number of carbonyl (C=O) groups is 1. The highest BCUT2D eigenvalue weighted by molar-refractivity contribution is 6.30. The summed E-state index contributed by atoms with van der Waals surface area (Å²) in [7, 11) is 0. The summed E-state index contributed by atoms with van der Waals surface area (Å²) < 4.78 is 36.8. The van der Waals surface area contributed by atoms with Crippen LogP contribution >= 0.6 is 11.6 Å². The summed E-state index contributed by atoms with van der Waals surface area (Å²) >= 11 is 5.79.